The second kappa shape index (κ2) is 8.09. The molecule has 1 aromatic carbocycles. The average molecular weight is 300 g/mol. The number of carbonyl (C=O) groups is 1. The Kier molecular flexibility index (Phi) is 6.78. The molecule has 1 rings (SSSR count). The number of hydrogen-bond donors (Lipinski definition) is 3. The topological polar surface area (TPSA) is 64.6 Å². The summed E-state index contributed by atoms with van der Waals surface area (Å²) < 4.78 is 0. The highest BCUT2D eigenvalue weighted by Crippen LogP contribution is 2.19. The van der Waals surface area contributed by atoms with E-state index in [4.69, 9.17) is 11.6 Å². The van der Waals surface area contributed by atoms with Gasteiger partial charge >= 0.3 is 0 Å². The number of amides is 1. The first kappa shape index (κ1) is 16.8. The molecule has 0 heterocycles. The SMILES string of the molecule is Cc1cc(NCC(O)CCl)ccc1NC(=O)CN(C)C. The van der Waals surface area contributed by atoms with Gasteiger partial charge in [-0.15, -0.1) is 11.6 Å². The van der Waals surface area contributed by atoms with E-state index >= 15 is 0 Å². The summed E-state index contributed by atoms with van der Waals surface area (Å²) in [6.07, 6.45) is -0.573. The third-order valence-corrected chi connectivity index (χ3v) is 3.04. The van der Waals surface area contributed by atoms with Gasteiger partial charge in [-0.2, -0.15) is 0 Å². The first-order chi connectivity index (χ1) is 9.42. The van der Waals surface area contributed by atoms with Gasteiger partial charge in [-0.1, -0.05) is 0 Å². The number of aliphatic hydroxyl groups is 1. The van der Waals surface area contributed by atoms with Gasteiger partial charge in [0.05, 0.1) is 18.5 Å². The van der Waals surface area contributed by atoms with Gasteiger partial charge in [0.15, 0.2) is 0 Å². The molecule has 20 heavy (non-hydrogen) atoms. The van der Waals surface area contributed by atoms with E-state index in [2.05, 4.69) is 10.6 Å². The summed E-state index contributed by atoms with van der Waals surface area (Å²) in [5, 5.41) is 15.3. The van der Waals surface area contributed by atoms with E-state index in [0.29, 0.717) is 13.1 Å². The molecule has 1 amide bonds. The van der Waals surface area contributed by atoms with Crippen LogP contribution in [0, 0.1) is 6.92 Å². The van der Waals surface area contributed by atoms with E-state index in [-0.39, 0.29) is 11.8 Å². The average Bonchev–Trinajstić information content (AvgIpc) is 2.37. The fourth-order valence-corrected chi connectivity index (χ4v) is 1.79. The van der Waals surface area contributed by atoms with E-state index in [1.165, 1.54) is 0 Å². The Morgan fingerprint density at radius 1 is 1.45 bits per heavy atom. The summed E-state index contributed by atoms with van der Waals surface area (Å²) in [5.74, 6) is 0.154. The number of carbonyl (C=O) groups excluding carboxylic acids is 1. The molecule has 0 spiro atoms. The molecule has 1 aromatic rings. The third kappa shape index (κ3) is 5.77. The van der Waals surface area contributed by atoms with Crippen molar-refractivity contribution in [3.63, 3.8) is 0 Å². The molecule has 112 valence electrons. The van der Waals surface area contributed by atoms with Crippen molar-refractivity contribution in [3.8, 4) is 0 Å². The Balaban J connectivity index is 2.61. The monoisotopic (exact) mass is 299 g/mol. The largest absolute Gasteiger partial charge is 0.390 e. The predicted octanol–water partition coefficient (Wildman–Crippen LogP) is 1.51. The summed E-state index contributed by atoms with van der Waals surface area (Å²) in [7, 11) is 3.70. The smallest absolute Gasteiger partial charge is 0.238 e. The summed E-state index contributed by atoms with van der Waals surface area (Å²) in [4.78, 5) is 13.5. The Bertz CT molecular complexity index is 452. The maximum Gasteiger partial charge on any atom is 0.238 e. The molecule has 0 aliphatic rings. The number of halogens is 1. The lowest BCUT2D eigenvalue weighted by molar-refractivity contribution is -0.116. The lowest BCUT2D eigenvalue weighted by Gasteiger charge is -2.14. The van der Waals surface area contributed by atoms with Gasteiger partial charge in [0.25, 0.3) is 0 Å². The number of anilines is 2. The van der Waals surface area contributed by atoms with E-state index in [1.54, 1.807) is 0 Å². The molecular weight excluding hydrogens is 278 g/mol. The predicted molar refractivity (Wildman–Crippen MR) is 83.6 cm³/mol. The summed E-state index contributed by atoms with van der Waals surface area (Å²) in [6, 6.07) is 5.63. The zero-order valence-electron chi connectivity index (χ0n) is 12.1. The summed E-state index contributed by atoms with van der Waals surface area (Å²) >= 11 is 5.53. The van der Waals surface area contributed by atoms with E-state index in [0.717, 1.165) is 16.9 Å². The highest BCUT2D eigenvalue weighted by atomic mass is 35.5. The van der Waals surface area contributed by atoms with Crippen molar-refractivity contribution in [2.45, 2.75) is 13.0 Å². The number of nitrogens with one attached hydrogen (secondary N) is 2. The number of rotatable bonds is 7. The summed E-state index contributed by atoms with van der Waals surface area (Å²) in [5.41, 5.74) is 2.64. The summed E-state index contributed by atoms with van der Waals surface area (Å²) in [6.45, 7) is 2.67. The lowest BCUT2D eigenvalue weighted by Crippen LogP contribution is -2.27. The third-order valence-electron chi connectivity index (χ3n) is 2.68. The van der Waals surface area contributed by atoms with Crippen LogP contribution in [0.15, 0.2) is 18.2 Å². The van der Waals surface area contributed by atoms with Gasteiger partial charge in [-0.3, -0.25) is 4.79 Å². The molecule has 0 aliphatic heterocycles. The zero-order chi connectivity index (χ0) is 15.1. The number of hydrogen-bond acceptors (Lipinski definition) is 4. The molecule has 5 nitrogen and oxygen atoms in total. The van der Waals surface area contributed by atoms with Crippen LogP contribution in [0.3, 0.4) is 0 Å². The quantitative estimate of drug-likeness (QED) is 0.668. The second-order valence-corrected chi connectivity index (χ2v) is 5.31. The van der Waals surface area contributed by atoms with E-state index < -0.39 is 6.10 Å². The number of alkyl halides is 1. The Morgan fingerprint density at radius 3 is 2.70 bits per heavy atom. The minimum Gasteiger partial charge on any atom is -0.390 e. The van der Waals surface area contributed by atoms with Crippen LogP contribution in [0.1, 0.15) is 5.56 Å². The van der Waals surface area contributed by atoms with Crippen LogP contribution in [0.4, 0.5) is 11.4 Å². The molecule has 0 saturated heterocycles. The van der Waals surface area contributed by atoms with Crippen LogP contribution in [0.25, 0.3) is 0 Å². The van der Waals surface area contributed by atoms with Crippen molar-refractivity contribution in [2.24, 2.45) is 0 Å². The van der Waals surface area contributed by atoms with Gasteiger partial charge in [-0.05, 0) is 44.8 Å². The van der Waals surface area contributed by atoms with Crippen LogP contribution < -0.4 is 10.6 Å². The zero-order valence-corrected chi connectivity index (χ0v) is 12.9. The molecular formula is C14H22ClN3O2. The first-order valence-electron chi connectivity index (χ1n) is 6.45. The fourth-order valence-electron chi connectivity index (χ4n) is 1.68. The van der Waals surface area contributed by atoms with Crippen LogP contribution in [0.5, 0.6) is 0 Å². The molecule has 0 fully saturated rings. The minimum atomic E-state index is -0.573. The minimum absolute atomic E-state index is 0.0450. The number of likely N-dealkylation sites (N-methyl/N-ethyl adjacent to an activating group) is 1. The number of aliphatic hydroxyl groups excluding tert-OH is 1. The van der Waals surface area contributed by atoms with Gasteiger partial charge in [0, 0.05) is 17.9 Å². The number of aryl methyl sites for hydroxylation is 1. The van der Waals surface area contributed by atoms with Gasteiger partial charge in [0.2, 0.25) is 5.91 Å². The van der Waals surface area contributed by atoms with Gasteiger partial charge in [-0.25, -0.2) is 0 Å². The fraction of sp³-hybridized carbons (Fsp3) is 0.500. The van der Waals surface area contributed by atoms with Crippen molar-refractivity contribution in [1.82, 2.24) is 4.90 Å². The Hall–Kier alpha value is -1.30. The van der Waals surface area contributed by atoms with Crippen LogP contribution in [0.2, 0.25) is 0 Å². The van der Waals surface area contributed by atoms with Crippen molar-refractivity contribution in [3.05, 3.63) is 23.8 Å². The molecule has 0 saturated carbocycles. The Labute approximate surface area is 124 Å². The second-order valence-electron chi connectivity index (χ2n) is 5.00. The van der Waals surface area contributed by atoms with Gasteiger partial charge in [0.1, 0.15) is 0 Å². The van der Waals surface area contributed by atoms with Gasteiger partial charge < -0.3 is 20.6 Å². The number of nitrogens with zero attached hydrogens (tertiary/aromatic N) is 1. The molecule has 0 aromatic heterocycles. The molecule has 3 N–H and O–H groups in total. The normalized spacial score (nSPS) is 12.3. The van der Waals surface area contributed by atoms with E-state index in [9.17, 15) is 9.90 Å². The van der Waals surface area contributed by atoms with Crippen molar-refractivity contribution >= 4 is 28.9 Å². The van der Waals surface area contributed by atoms with Crippen molar-refractivity contribution in [2.75, 3.05) is 43.7 Å². The maximum absolute atomic E-state index is 11.7. The van der Waals surface area contributed by atoms with Crippen LogP contribution in [-0.4, -0.2) is 55.1 Å². The molecule has 0 radical (unpaired) electrons. The molecule has 6 heteroatoms. The highest BCUT2D eigenvalue weighted by Gasteiger charge is 2.07. The van der Waals surface area contributed by atoms with E-state index in [1.807, 2.05) is 44.1 Å². The maximum atomic E-state index is 11.7. The molecule has 0 aliphatic carbocycles. The molecule has 0 bridgehead atoms. The molecule has 1 atom stereocenters. The lowest BCUT2D eigenvalue weighted by atomic mass is 10.1. The Morgan fingerprint density at radius 2 is 2.15 bits per heavy atom. The number of benzene rings is 1. The van der Waals surface area contributed by atoms with Crippen LogP contribution >= 0.6 is 11.6 Å². The first-order valence-corrected chi connectivity index (χ1v) is 6.99. The molecule has 1 unspecified atom stereocenters. The van der Waals surface area contributed by atoms with Crippen LogP contribution in [-0.2, 0) is 4.79 Å². The van der Waals surface area contributed by atoms with Crippen molar-refractivity contribution < 1.29 is 9.90 Å². The van der Waals surface area contributed by atoms with Crippen molar-refractivity contribution in [1.29, 1.82) is 0 Å². The highest BCUT2D eigenvalue weighted by molar-refractivity contribution is 6.18. The standard InChI is InChI=1S/C14H22ClN3O2/c1-10-6-11(16-8-12(19)7-15)4-5-13(10)17-14(20)9-18(2)3/h4-6,12,16,19H,7-9H2,1-3H3,(H,17,20).